The molecule has 1 atom stereocenters. The maximum atomic E-state index is 10.5. The number of halogens is 2. The molecule has 0 aliphatic rings. The number of rotatable bonds is 6. The van der Waals surface area contributed by atoms with E-state index in [1.54, 1.807) is 7.11 Å². The fraction of sp³-hybridized carbons (Fsp3) is 0.875. The predicted molar refractivity (Wildman–Crippen MR) is 51.0 cm³/mol. The number of carboxylic acids is 1. The molecule has 0 aromatic heterocycles. The van der Waals surface area contributed by atoms with Gasteiger partial charge in [0, 0.05) is 7.11 Å². The topological polar surface area (TPSA) is 46.5 Å². The fourth-order valence-electron chi connectivity index (χ4n) is 1.17. The highest BCUT2D eigenvalue weighted by Crippen LogP contribution is 2.03. The van der Waals surface area contributed by atoms with Gasteiger partial charge in [0.1, 0.15) is 12.6 Å². The number of carboxylic acid groups (broad SMARTS) is 1. The summed E-state index contributed by atoms with van der Waals surface area (Å²) >= 11 is 5.63. The molecule has 86 valence electrons. The molecule has 0 rings (SSSR count). The van der Waals surface area contributed by atoms with E-state index in [9.17, 15) is 4.79 Å². The van der Waals surface area contributed by atoms with Crippen LogP contribution in [-0.4, -0.2) is 61.8 Å². The van der Waals surface area contributed by atoms with E-state index in [0.717, 1.165) is 0 Å². The Bertz CT molecular complexity index is 172. The van der Waals surface area contributed by atoms with Crippen molar-refractivity contribution in [1.82, 2.24) is 0 Å². The Hall–Kier alpha value is -0.0300. The minimum Gasteiger partial charge on any atom is -1.00 e. The number of alkyl halides is 1. The fourth-order valence-corrected chi connectivity index (χ4v) is 1.39. The van der Waals surface area contributed by atoms with Crippen LogP contribution in [0.2, 0.25) is 0 Å². The van der Waals surface area contributed by atoms with Crippen molar-refractivity contribution >= 4 is 17.6 Å². The van der Waals surface area contributed by atoms with Crippen LogP contribution in [0.5, 0.6) is 0 Å². The van der Waals surface area contributed by atoms with Crippen LogP contribution >= 0.6 is 11.6 Å². The van der Waals surface area contributed by atoms with Gasteiger partial charge in [0.15, 0.2) is 6.54 Å². The van der Waals surface area contributed by atoms with Gasteiger partial charge >= 0.3 is 5.97 Å². The highest BCUT2D eigenvalue weighted by atomic mass is 35.5. The predicted octanol–water partition coefficient (Wildman–Crippen LogP) is -2.59. The lowest BCUT2D eigenvalue weighted by Crippen LogP contribution is -3.00. The third-order valence-electron chi connectivity index (χ3n) is 1.77. The number of hydrogen-bond donors (Lipinski definition) is 1. The zero-order chi connectivity index (χ0) is 10.5. The number of likely N-dealkylation sites (N-methyl/N-ethyl adjacent to an activating group) is 1. The minimum absolute atomic E-state index is 0. The van der Waals surface area contributed by atoms with Gasteiger partial charge < -0.3 is 26.7 Å². The Balaban J connectivity index is 0. The summed E-state index contributed by atoms with van der Waals surface area (Å²) in [6.45, 7) is 0.684. The van der Waals surface area contributed by atoms with Crippen molar-refractivity contribution in [3.05, 3.63) is 0 Å². The average Bonchev–Trinajstić information content (AvgIpc) is 1.97. The molecule has 0 radical (unpaired) electrons. The molecule has 0 aromatic carbocycles. The van der Waals surface area contributed by atoms with E-state index in [1.807, 2.05) is 14.1 Å². The number of ether oxygens (including phenoxy) is 1. The van der Waals surface area contributed by atoms with E-state index < -0.39 is 5.97 Å². The minimum atomic E-state index is -0.811. The van der Waals surface area contributed by atoms with Crippen molar-refractivity contribution in [1.29, 1.82) is 0 Å². The second-order valence-electron chi connectivity index (χ2n) is 3.68. The largest absolute Gasteiger partial charge is 1.00 e. The van der Waals surface area contributed by atoms with Gasteiger partial charge in [-0.15, -0.1) is 11.6 Å². The summed E-state index contributed by atoms with van der Waals surface area (Å²) in [5.41, 5.74) is 0. The molecule has 0 spiro atoms. The Kier molecular flexibility index (Phi) is 8.54. The quantitative estimate of drug-likeness (QED) is 0.413. The normalized spacial score (nSPS) is 13.1. The molecule has 0 saturated heterocycles. The van der Waals surface area contributed by atoms with Crippen LogP contribution in [-0.2, 0) is 9.53 Å². The van der Waals surface area contributed by atoms with Crippen LogP contribution < -0.4 is 12.4 Å². The van der Waals surface area contributed by atoms with Gasteiger partial charge in [-0.25, -0.2) is 4.79 Å². The lowest BCUT2D eigenvalue weighted by Gasteiger charge is -2.30. The molecule has 0 fully saturated rings. The highest BCUT2D eigenvalue weighted by Gasteiger charge is 2.24. The van der Waals surface area contributed by atoms with Crippen LogP contribution in [0, 0.1) is 0 Å². The maximum absolute atomic E-state index is 10.5. The Morgan fingerprint density at radius 2 is 2.07 bits per heavy atom. The summed E-state index contributed by atoms with van der Waals surface area (Å²) in [4.78, 5) is 10.5. The van der Waals surface area contributed by atoms with Gasteiger partial charge in [-0.2, -0.15) is 0 Å². The van der Waals surface area contributed by atoms with Gasteiger partial charge in [0.25, 0.3) is 0 Å². The first kappa shape index (κ1) is 16.4. The number of hydrogen-bond acceptors (Lipinski definition) is 2. The van der Waals surface area contributed by atoms with E-state index in [2.05, 4.69) is 0 Å². The standard InChI is InChI=1S/C8H16ClNO3.ClH/c1-10(2,6-8(11)12)5-7(4-9)13-3;/h7H,4-6H2,1-3H3;1H. The van der Waals surface area contributed by atoms with Crippen LogP contribution in [0.4, 0.5) is 0 Å². The van der Waals surface area contributed by atoms with Crippen molar-refractivity contribution in [2.45, 2.75) is 6.10 Å². The summed E-state index contributed by atoms with van der Waals surface area (Å²) in [7, 11) is 5.26. The summed E-state index contributed by atoms with van der Waals surface area (Å²) < 4.78 is 5.45. The molecule has 4 nitrogen and oxygen atoms in total. The molecule has 0 aliphatic carbocycles. The zero-order valence-corrected chi connectivity index (χ0v) is 10.2. The summed E-state index contributed by atoms with van der Waals surface area (Å²) in [6.07, 6.45) is -0.0870. The number of methoxy groups -OCH3 is 1. The molecule has 0 saturated carbocycles. The molecule has 0 bridgehead atoms. The lowest BCUT2D eigenvalue weighted by atomic mass is 10.3. The van der Waals surface area contributed by atoms with Gasteiger partial charge in [-0.05, 0) is 0 Å². The number of aliphatic carboxylic acids is 1. The Morgan fingerprint density at radius 3 is 2.36 bits per heavy atom. The van der Waals surface area contributed by atoms with Crippen molar-refractivity contribution < 1.29 is 31.5 Å². The van der Waals surface area contributed by atoms with E-state index in [-0.39, 0.29) is 25.1 Å². The van der Waals surface area contributed by atoms with Crippen LogP contribution in [0.25, 0.3) is 0 Å². The number of nitrogens with zero attached hydrogens (tertiary/aromatic N) is 1. The molecule has 0 amide bonds. The molecule has 0 heterocycles. The van der Waals surface area contributed by atoms with Gasteiger partial charge in [-0.3, -0.25) is 0 Å². The first-order valence-electron chi connectivity index (χ1n) is 4.04. The third-order valence-corrected chi connectivity index (χ3v) is 2.11. The summed E-state index contributed by atoms with van der Waals surface area (Å²) in [5.74, 6) is -0.424. The van der Waals surface area contributed by atoms with Crippen molar-refractivity contribution in [2.75, 3.05) is 40.2 Å². The summed E-state index contributed by atoms with van der Waals surface area (Å²) in [6, 6.07) is 0. The molecule has 1 N–H and O–H groups in total. The van der Waals surface area contributed by atoms with Gasteiger partial charge in [-0.1, -0.05) is 0 Å². The van der Waals surface area contributed by atoms with Gasteiger partial charge in [0.2, 0.25) is 0 Å². The highest BCUT2D eigenvalue weighted by molar-refractivity contribution is 6.18. The van der Waals surface area contributed by atoms with Crippen molar-refractivity contribution in [3.8, 4) is 0 Å². The van der Waals surface area contributed by atoms with Crippen LogP contribution in [0.3, 0.4) is 0 Å². The van der Waals surface area contributed by atoms with E-state index >= 15 is 0 Å². The maximum Gasteiger partial charge on any atom is 0.359 e. The Morgan fingerprint density at radius 1 is 1.57 bits per heavy atom. The van der Waals surface area contributed by atoms with Crippen LogP contribution in [0.1, 0.15) is 0 Å². The van der Waals surface area contributed by atoms with Crippen molar-refractivity contribution in [2.24, 2.45) is 0 Å². The second kappa shape index (κ2) is 7.29. The van der Waals surface area contributed by atoms with Crippen LogP contribution in [0.15, 0.2) is 0 Å². The van der Waals surface area contributed by atoms with E-state index in [4.69, 9.17) is 21.4 Å². The molecule has 0 aromatic rings. The SMILES string of the molecule is COC(CCl)C[N+](C)(C)CC(=O)O.[Cl-]. The molecular formula is C8H17Cl2NO3. The average molecular weight is 246 g/mol. The molecular weight excluding hydrogens is 229 g/mol. The first-order chi connectivity index (χ1) is 5.91. The molecule has 14 heavy (non-hydrogen) atoms. The first-order valence-corrected chi connectivity index (χ1v) is 4.57. The number of carbonyl (C=O) groups is 1. The molecule has 6 heteroatoms. The smallest absolute Gasteiger partial charge is 0.359 e. The summed E-state index contributed by atoms with van der Waals surface area (Å²) in [5, 5.41) is 8.62. The zero-order valence-electron chi connectivity index (χ0n) is 8.67. The molecule has 1 unspecified atom stereocenters. The van der Waals surface area contributed by atoms with E-state index in [1.165, 1.54) is 0 Å². The number of quaternary nitrogens is 1. The van der Waals surface area contributed by atoms with Crippen molar-refractivity contribution in [3.63, 3.8) is 0 Å². The van der Waals surface area contributed by atoms with E-state index in [0.29, 0.717) is 16.9 Å². The third kappa shape index (κ3) is 7.38. The van der Waals surface area contributed by atoms with Gasteiger partial charge in [0.05, 0.1) is 20.0 Å². The lowest BCUT2D eigenvalue weighted by molar-refractivity contribution is -0.885. The monoisotopic (exact) mass is 245 g/mol. The molecule has 0 aliphatic heterocycles. The Labute approximate surface area is 95.8 Å². The second-order valence-corrected chi connectivity index (χ2v) is 3.99.